The number of ether oxygens (including phenoxy) is 1. The molecule has 0 radical (unpaired) electrons. The average molecular weight is 403 g/mol. The highest BCUT2D eigenvalue weighted by Gasteiger charge is 2.10. The van der Waals surface area contributed by atoms with Gasteiger partial charge in [0.05, 0.1) is 16.7 Å². The highest BCUT2D eigenvalue weighted by Crippen LogP contribution is 2.34. The van der Waals surface area contributed by atoms with Crippen molar-refractivity contribution < 1.29 is 4.74 Å². The van der Waals surface area contributed by atoms with E-state index in [2.05, 4.69) is 34.2 Å². The van der Waals surface area contributed by atoms with E-state index in [1.807, 2.05) is 31.2 Å². The molecule has 22 heavy (non-hydrogen) atoms. The molecule has 0 aliphatic heterocycles. The molecule has 5 heteroatoms. The summed E-state index contributed by atoms with van der Waals surface area (Å²) in [5, 5.41) is 4.49. The molecule has 0 aromatic heterocycles. The van der Waals surface area contributed by atoms with Crippen LogP contribution in [0.4, 0.5) is 5.69 Å². The van der Waals surface area contributed by atoms with Crippen LogP contribution in [0.3, 0.4) is 0 Å². The monoisotopic (exact) mass is 401 g/mol. The fourth-order valence-electron chi connectivity index (χ4n) is 2.08. The van der Waals surface area contributed by atoms with Gasteiger partial charge in [-0.3, -0.25) is 0 Å². The lowest BCUT2D eigenvalue weighted by Crippen LogP contribution is -2.02. The van der Waals surface area contributed by atoms with Crippen LogP contribution in [0.25, 0.3) is 0 Å². The molecule has 0 aliphatic carbocycles. The van der Waals surface area contributed by atoms with E-state index in [0.717, 1.165) is 22.1 Å². The number of anilines is 1. The van der Waals surface area contributed by atoms with Crippen molar-refractivity contribution >= 4 is 44.8 Å². The topological polar surface area (TPSA) is 21.3 Å². The fraction of sp³-hybridized carbons (Fsp3) is 0.294. The van der Waals surface area contributed by atoms with E-state index in [9.17, 15) is 0 Å². The maximum atomic E-state index is 6.26. The Labute approximate surface area is 149 Å². The molecule has 0 atom stereocenters. The van der Waals surface area contributed by atoms with Crippen LogP contribution in [0.1, 0.15) is 24.5 Å². The molecule has 0 saturated carbocycles. The van der Waals surface area contributed by atoms with Crippen molar-refractivity contribution in [2.45, 2.75) is 26.8 Å². The van der Waals surface area contributed by atoms with E-state index in [-0.39, 0.29) is 0 Å². The smallest absolute Gasteiger partial charge is 0.156 e. The number of aryl methyl sites for hydroxylation is 1. The van der Waals surface area contributed by atoms with Gasteiger partial charge in [0.2, 0.25) is 0 Å². The second kappa shape index (κ2) is 8.09. The van der Waals surface area contributed by atoms with E-state index >= 15 is 0 Å². The summed E-state index contributed by atoms with van der Waals surface area (Å²) < 4.78 is 6.65. The second-order valence-corrected chi connectivity index (χ2v) is 6.78. The number of benzene rings is 2. The van der Waals surface area contributed by atoms with Crippen molar-refractivity contribution in [2.75, 3.05) is 11.9 Å². The van der Waals surface area contributed by atoms with E-state index in [1.54, 1.807) is 0 Å². The number of nitrogens with one attached hydrogen (secondary N) is 1. The normalized spacial score (nSPS) is 10.6. The minimum Gasteiger partial charge on any atom is -0.490 e. The average Bonchev–Trinajstić information content (AvgIpc) is 2.45. The molecule has 0 bridgehead atoms. The summed E-state index contributed by atoms with van der Waals surface area (Å²) in [6.45, 7) is 5.36. The highest BCUT2D eigenvalue weighted by molar-refractivity contribution is 9.10. The van der Waals surface area contributed by atoms with Crippen LogP contribution in [0.2, 0.25) is 10.0 Å². The Morgan fingerprint density at radius 1 is 1.14 bits per heavy atom. The zero-order valence-electron chi connectivity index (χ0n) is 12.6. The minimum absolute atomic E-state index is 0.547. The minimum atomic E-state index is 0.547. The lowest BCUT2D eigenvalue weighted by atomic mass is 10.1. The quantitative estimate of drug-likeness (QED) is 0.598. The molecular formula is C17H18BrCl2NO. The molecule has 1 N–H and O–H groups in total. The number of hydrogen-bond acceptors (Lipinski definition) is 2. The molecule has 0 aliphatic rings. The summed E-state index contributed by atoms with van der Waals surface area (Å²) in [6.07, 6.45) is 0.915. The van der Waals surface area contributed by atoms with Crippen LogP contribution in [0.15, 0.2) is 34.8 Å². The number of hydrogen-bond donors (Lipinski definition) is 1. The largest absolute Gasteiger partial charge is 0.490 e. The van der Waals surface area contributed by atoms with Gasteiger partial charge in [-0.25, -0.2) is 0 Å². The van der Waals surface area contributed by atoms with Crippen molar-refractivity contribution in [3.63, 3.8) is 0 Å². The molecule has 2 aromatic rings. The fourth-order valence-corrected chi connectivity index (χ4v) is 3.20. The molecule has 0 amide bonds. The molecule has 2 aromatic carbocycles. The van der Waals surface area contributed by atoms with E-state index in [1.165, 1.54) is 5.56 Å². The highest BCUT2D eigenvalue weighted by atomic mass is 79.9. The summed E-state index contributed by atoms with van der Waals surface area (Å²) in [6, 6.07) is 9.90. The molecule has 0 fully saturated rings. The first kappa shape index (κ1) is 17.5. The summed E-state index contributed by atoms with van der Waals surface area (Å²) in [7, 11) is 0. The van der Waals surface area contributed by atoms with Crippen LogP contribution in [0, 0.1) is 6.92 Å². The van der Waals surface area contributed by atoms with Crippen LogP contribution in [0.5, 0.6) is 5.75 Å². The molecule has 0 heterocycles. The summed E-state index contributed by atoms with van der Waals surface area (Å²) in [5.74, 6) is 0.564. The third-order valence-electron chi connectivity index (χ3n) is 3.18. The predicted molar refractivity (Wildman–Crippen MR) is 98.5 cm³/mol. The zero-order valence-corrected chi connectivity index (χ0v) is 15.6. The SMILES string of the molecule is CCCOc1c(Cl)cc(CNc2ccc(Br)cc2C)cc1Cl. The third kappa shape index (κ3) is 4.55. The van der Waals surface area contributed by atoms with E-state index < -0.39 is 0 Å². The maximum Gasteiger partial charge on any atom is 0.156 e. The standard InChI is InChI=1S/C17H18BrCl2NO/c1-3-6-22-17-14(19)8-12(9-15(17)20)10-21-16-5-4-13(18)7-11(16)2/h4-5,7-9,21H,3,6,10H2,1-2H3. The lowest BCUT2D eigenvalue weighted by Gasteiger charge is -2.13. The Balaban J connectivity index is 2.10. The van der Waals surface area contributed by atoms with Crippen molar-refractivity contribution in [3.8, 4) is 5.75 Å². The van der Waals surface area contributed by atoms with Gasteiger partial charge in [0.15, 0.2) is 5.75 Å². The summed E-state index contributed by atoms with van der Waals surface area (Å²) in [4.78, 5) is 0. The Kier molecular flexibility index (Phi) is 6.42. The lowest BCUT2D eigenvalue weighted by molar-refractivity contribution is 0.318. The molecule has 0 unspecified atom stereocenters. The van der Waals surface area contributed by atoms with Crippen molar-refractivity contribution in [1.82, 2.24) is 0 Å². The van der Waals surface area contributed by atoms with Gasteiger partial charge in [0.1, 0.15) is 0 Å². The zero-order chi connectivity index (χ0) is 16.1. The van der Waals surface area contributed by atoms with Crippen molar-refractivity contribution in [1.29, 1.82) is 0 Å². The number of halogens is 3. The van der Waals surface area contributed by atoms with E-state index in [4.69, 9.17) is 27.9 Å². The van der Waals surface area contributed by atoms with Gasteiger partial charge in [0.25, 0.3) is 0 Å². The molecule has 2 rings (SSSR count). The first-order valence-electron chi connectivity index (χ1n) is 7.12. The van der Waals surface area contributed by atoms with Gasteiger partial charge >= 0.3 is 0 Å². The van der Waals surface area contributed by atoms with Crippen molar-refractivity contribution in [2.24, 2.45) is 0 Å². The molecule has 118 valence electrons. The summed E-state index contributed by atoms with van der Waals surface area (Å²) in [5.41, 5.74) is 3.28. The van der Waals surface area contributed by atoms with Gasteiger partial charge in [-0.1, -0.05) is 46.1 Å². The van der Waals surface area contributed by atoms with Gasteiger partial charge in [0, 0.05) is 16.7 Å². The Morgan fingerprint density at radius 3 is 2.41 bits per heavy atom. The first-order valence-corrected chi connectivity index (χ1v) is 8.67. The summed E-state index contributed by atoms with van der Waals surface area (Å²) >= 11 is 16.0. The third-order valence-corrected chi connectivity index (χ3v) is 4.23. The number of rotatable bonds is 6. The molecular weight excluding hydrogens is 385 g/mol. The molecule has 0 spiro atoms. The maximum absolute atomic E-state index is 6.26. The van der Waals surface area contributed by atoms with Gasteiger partial charge in [-0.05, 0) is 54.8 Å². The molecule has 2 nitrogen and oxygen atoms in total. The van der Waals surface area contributed by atoms with Gasteiger partial charge in [-0.2, -0.15) is 0 Å². The van der Waals surface area contributed by atoms with Crippen LogP contribution >= 0.6 is 39.1 Å². The van der Waals surface area contributed by atoms with Crippen LogP contribution in [-0.4, -0.2) is 6.61 Å². The Hall–Kier alpha value is -0.900. The van der Waals surface area contributed by atoms with Crippen molar-refractivity contribution in [3.05, 3.63) is 56.0 Å². The Bertz CT molecular complexity index is 638. The Morgan fingerprint density at radius 2 is 1.82 bits per heavy atom. The van der Waals surface area contributed by atoms with Gasteiger partial charge in [-0.15, -0.1) is 0 Å². The second-order valence-electron chi connectivity index (χ2n) is 5.05. The van der Waals surface area contributed by atoms with Gasteiger partial charge < -0.3 is 10.1 Å². The van der Waals surface area contributed by atoms with Crippen LogP contribution in [-0.2, 0) is 6.54 Å². The first-order chi connectivity index (χ1) is 10.5. The van der Waals surface area contributed by atoms with Crippen LogP contribution < -0.4 is 10.1 Å². The predicted octanol–water partition coefficient (Wildman–Crippen LogP) is 6.47. The molecule has 0 saturated heterocycles. The van der Waals surface area contributed by atoms with E-state index in [0.29, 0.717) is 28.9 Å².